The van der Waals surface area contributed by atoms with E-state index in [0.717, 1.165) is 22.3 Å². The maximum Gasteiger partial charge on any atom is 0.102 e. The van der Waals surface area contributed by atoms with Gasteiger partial charge in [0.05, 0.1) is 11.3 Å². The Bertz CT molecular complexity index is 661. The Morgan fingerprint density at radius 1 is 1.05 bits per heavy atom. The van der Waals surface area contributed by atoms with Crippen LogP contribution in [0.1, 0.15) is 22.3 Å². The topological polar surface area (TPSA) is 49.8 Å². The van der Waals surface area contributed by atoms with E-state index in [1.54, 1.807) is 0 Å². The van der Waals surface area contributed by atoms with Crippen molar-refractivity contribution in [1.29, 1.82) is 5.26 Å². The fraction of sp³-hybridized carbons (Fsp3) is 0.118. The number of nitriles is 1. The van der Waals surface area contributed by atoms with E-state index in [4.69, 9.17) is 5.73 Å². The zero-order valence-corrected chi connectivity index (χ0v) is 11.1. The summed E-state index contributed by atoms with van der Waals surface area (Å²) in [5.74, 6) is 0. The van der Waals surface area contributed by atoms with Crippen molar-refractivity contribution in [2.75, 3.05) is 0 Å². The van der Waals surface area contributed by atoms with Crippen LogP contribution in [0, 0.1) is 25.2 Å². The molecule has 0 amide bonds. The molecule has 2 nitrogen and oxygen atoms in total. The summed E-state index contributed by atoms with van der Waals surface area (Å²) in [6.45, 7) is 4.02. The first-order valence-corrected chi connectivity index (χ1v) is 6.16. The summed E-state index contributed by atoms with van der Waals surface area (Å²) in [6.07, 6.45) is 0. The van der Waals surface area contributed by atoms with Crippen LogP contribution in [0.4, 0.5) is 0 Å². The molecule has 2 rings (SSSR count). The van der Waals surface area contributed by atoms with E-state index in [9.17, 15) is 5.26 Å². The van der Waals surface area contributed by atoms with Gasteiger partial charge in [0.15, 0.2) is 0 Å². The van der Waals surface area contributed by atoms with Crippen LogP contribution in [-0.2, 0) is 0 Å². The molecule has 0 heterocycles. The van der Waals surface area contributed by atoms with Crippen molar-refractivity contribution >= 4 is 11.3 Å². The van der Waals surface area contributed by atoms with Gasteiger partial charge in [-0.3, -0.25) is 0 Å². The van der Waals surface area contributed by atoms with Crippen molar-refractivity contribution in [3.63, 3.8) is 0 Å². The van der Waals surface area contributed by atoms with E-state index in [1.807, 2.05) is 62.4 Å². The maximum absolute atomic E-state index is 9.38. The van der Waals surface area contributed by atoms with Crippen LogP contribution >= 0.6 is 0 Å². The molecule has 2 aromatic carbocycles. The summed E-state index contributed by atoms with van der Waals surface area (Å²) in [6, 6.07) is 17.8. The number of aryl methyl sites for hydroxylation is 2. The predicted molar refractivity (Wildman–Crippen MR) is 79.0 cm³/mol. The normalized spacial score (nSPS) is 11.6. The molecule has 19 heavy (non-hydrogen) atoms. The third-order valence-electron chi connectivity index (χ3n) is 3.13. The summed E-state index contributed by atoms with van der Waals surface area (Å²) >= 11 is 0. The van der Waals surface area contributed by atoms with E-state index in [2.05, 4.69) is 6.07 Å². The van der Waals surface area contributed by atoms with Gasteiger partial charge in [0.2, 0.25) is 0 Å². The molecule has 0 radical (unpaired) electrons. The lowest BCUT2D eigenvalue weighted by Crippen LogP contribution is -2.03. The number of hydrogen-bond acceptors (Lipinski definition) is 2. The highest BCUT2D eigenvalue weighted by Crippen LogP contribution is 2.24. The summed E-state index contributed by atoms with van der Waals surface area (Å²) in [7, 11) is 0. The fourth-order valence-corrected chi connectivity index (χ4v) is 2.05. The van der Waals surface area contributed by atoms with Crippen molar-refractivity contribution in [3.05, 3.63) is 70.8 Å². The highest BCUT2D eigenvalue weighted by atomic mass is 14.6. The number of benzene rings is 2. The standard InChI is InChI=1S/C17H16N2/c1-12-8-9-13(2)15(10-12)17(19)16(11-18)14-6-4-3-5-7-14/h3-10H,19H2,1-2H3/b17-16+. The van der Waals surface area contributed by atoms with Gasteiger partial charge in [0.1, 0.15) is 6.07 Å². The minimum absolute atomic E-state index is 0.523. The molecule has 0 saturated heterocycles. The molecule has 0 fully saturated rings. The molecule has 0 aliphatic carbocycles. The average Bonchev–Trinajstić information content (AvgIpc) is 2.43. The Hall–Kier alpha value is -2.53. The monoisotopic (exact) mass is 248 g/mol. The summed E-state index contributed by atoms with van der Waals surface area (Å²) in [5, 5.41) is 9.38. The molecule has 0 spiro atoms. The predicted octanol–water partition coefficient (Wildman–Crippen LogP) is 3.65. The van der Waals surface area contributed by atoms with E-state index >= 15 is 0 Å². The van der Waals surface area contributed by atoms with Gasteiger partial charge in [-0.1, -0.05) is 48.0 Å². The highest BCUT2D eigenvalue weighted by Gasteiger charge is 2.10. The molecule has 2 heteroatoms. The average molecular weight is 248 g/mol. The maximum atomic E-state index is 9.38. The van der Waals surface area contributed by atoms with Crippen molar-refractivity contribution in [3.8, 4) is 6.07 Å². The number of nitrogens with zero attached hydrogens (tertiary/aromatic N) is 1. The minimum Gasteiger partial charge on any atom is -0.397 e. The third kappa shape index (κ3) is 2.66. The van der Waals surface area contributed by atoms with E-state index < -0.39 is 0 Å². The quantitative estimate of drug-likeness (QED) is 0.651. The Morgan fingerprint density at radius 3 is 2.37 bits per heavy atom. The fourth-order valence-electron chi connectivity index (χ4n) is 2.05. The molecule has 0 atom stereocenters. The van der Waals surface area contributed by atoms with Gasteiger partial charge < -0.3 is 5.73 Å². The lowest BCUT2D eigenvalue weighted by molar-refractivity contribution is 1.34. The first-order valence-electron chi connectivity index (χ1n) is 6.16. The van der Waals surface area contributed by atoms with Crippen molar-refractivity contribution in [2.45, 2.75) is 13.8 Å². The van der Waals surface area contributed by atoms with Gasteiger partial charge in [-0.15, -0.1) is 0 Å². The molecule has 94 valence electrons. The molecule has 0 bridgehead atoms. The first kappa shape index (κ1) is 12.9. The molecule has 2 aromatic rings. The van der Waals surface area contributed by atoms with Gasteiger partial charge in [0, 0.05) is 5.56 Å². The largest absolute Gasteiger partial charge is 0.397 e. The number of hydrogen-bond donors (Lipinski definition) is 1. The van der Waals surface area contributed by atoms with Crippen LogP contribution in [0.3, 0.4) is 0 Å². The number of nitrogens with two attached hydrogens (primary N) is 1. The Balaban J connectivity index is 2.62. The van der Waals surface area contributed by atoms with Crippen molar-refractivity contribution in [2.24, 2.45) is 5.73 Å². The van der Waals surface area contributed by atoms with Crippen LogP contribution in [0.2, 0.25) is 0 Å². The first-order chi connectivity index (χ1) is 9.13. The van der Waals surface area contributed by atoms with Gasteiger partial charge in [-0.05, 0) is 31.0 Å². The van der Waals surface area contributed by atoms with E-state index in [-0.39, 0.29) is 0 Å². The summed E-state index contributed by atoms with van der Waals surface area (Å²) < 4.78 is 0. The van der Waals surface area contributed by atoms with Crippen LogP contribution in [0.5, 0.6) is 0 Å². The third-order valence-corrected chi connectivity index (χ3v) is 3.13. The lowest BCUT2D eigenvalue weighted by atomic mass is 9.97. The van der Waals surface area contributed by atoms with E-state index in [1.165, 1.54) is 0 Å². The van der Waals surface area contributed by atoms with Gasteiger partial charge >= 0.3 is 0 Å². The second kappa shape index (κ2) is 5.41. The summed E-state index contributed by atoms with van der Waals surface area (Å²) in [4.78, 5) is 0. The highest BCUT2D eigenvalue weighted by molar-refractivity contribution is 5.96. The minimum atomic E-state index is 0.523. The number of allylic oxidation sites excluding steroid dienone is 1. The Morgan fingerprint density at radius 2 is 1.74 bits per heavy atom. The molecule has 2 N–H and O–H groups in total. The molecule has 0 unspecified atom stereocenters. The van der Waals surface area contributed by atoms with Gasteiger partial charge in [-0.25, -0.2) is 0 Å². The van der Waals surface area contributed by atoms with Gasteiger partial charge in [0.25, 0.3) is 0 Å². The molecule has 0 aliphatic rings. The number of rotatable bonds is 2. The van der Waals surface area contributed by atoms with Crippen molar-refractivity contribution in [1.82, 2.24) is 0 Å². The molecule has 0 aliphatic heterocycles. The SMILES string of the molecule is Cc1ccc(C)c(/C(N)=C(/C#N)c2ccccc2)c1. The van der Waals surface area contributed by atoms with Gasteiger partial charge in [-0.2, -0.15) is 5.26 Å². The van der Waals surface area contributed by atoms with Crippen LogP contribution in [0.25, 0.3) is 11.3 Å². The molecular formula is C17H16N2. The second-order valence-corrected chi connectivity index (χ2v) is 4.58. The smallest absolute Gasteiger partial charge is 0.102 e. The summed E-state index contributed by atoms with van der Waals surface area (Å²) in [5.41, 5.74) is 11.3. The van der Waals surface area contributed by atoms with Crippen LogP contribution in [0.15, 0.2) is 48.5 Å². The molecular weight excluding hydrogens is 232 g/mol. The van der Waals surface area contributed by atoms with Crippen molar-refractivity contribution < 1.29 is 0 Å². The van der Waals surface area contributed by atoms with Crippen LogP contribution < -0.4 is 5.73 Å². The lowest BCUT2D eigenvalue weighted by Gasteiger charge is -2.10. The Labute approximate surface area is 113 Å². The van der Waals surface area contributed by atoms with E-state index in [0.29, 0.717) is 11.3 Å². The molecule has 0 saturated carbocycles. The zero-order valence-electron chi connectivity index (χ0n) is 11.1. The van der Waals surface area contributed by atoms with Crippen LogP contribution in [-0.4, -0.2) is 0 Å². The zero-order chi connectivity index (χ0) is 13.8. The Kier molecular flexibility index (Phi) is 3.68. The molecule has 0 aromatic heterocycles. The second-order valence-electron chi connectivity index (χ2n) is 4.58.